The van der Waals surface area contributed by atoms with Gasteiger partial charge in [-0.1, -0.05) is 26.7 Å². The van der Waals surface area contributed by atoms with Gasteiger partial charge in [-0.25, -0.2) is 0 Å². The standard InChI is InChI=1S/C13H27NO2/c1-4-6-12(9-10-14)7-8-13(15)16-11(3)5-2/h11-12H,4-10,14H2,1-3H3. The van der Waals surface area contributed by atoms with E-state index in [0.717, 1.165) is 32.1 Å². The van der Waals surface area contributed by atoms with E-state index in [-0.39, 0.29) is 12.1 Å². The van der Waals surface area contributed by atoms with Gasteiger partial charge in [0.25, 0.3) is 0 Å². The van der Waals surface area contributed by atoms with Gasteiger partial charge >= 0.3 is 5.97 Å². The van der Waals surface area contributed by atoms with Gasteiger partial charge in [0.2, 0.25) is 0 Å². The first-order valence-corrected chi connectivity index (χ1v) is 6.53. The van der Waals surface area contributed by atoms with E-state index < -0.39 is 0 Å². The van der Waals surface area contributed by atoms with Crippen molar-refractivity contribution in [3.63, 3.8) is 0 Å². The molecule has 0 aromatic rings. The van der Waals surface area contributed by atoms with Crippen LogP contribution < -0.4 is 5.73 Å². The van der Waals surface area contributed by atoms with Crippen molar-refractivity contribution in [3.8, 4) is 0 Å². The van der Waals surface area contributed by atoms with Crippen molar-refractivity contribution in [2.45, 2.75) is 65.4 Å². The molecule has 2 atom stereocenters. The van der Waals surface area contributed by atoms with Crippen LogP contribution in [0.15, 0.2) is 0 Å². The van der Waals surface area contributed by atoms with Crippen molar-refractivity contribution in [2.24, 2.45) is 11.7 Å². The average Bonchev–Trinajstić information content (AvgIpc) is 2.26. The average molecular weight is 229 g/mol. The zero-order valence-electron chi connectivity index (χ0n) is 11.0. The Kier molecular flexibility index (Phi) is 9.30. The van der Waals surface area contributed by atoms with Gasteiger partial charge in [0.1, 0.15) is 0 Å². The molecule has 0 bridgehead atoms. The van der Waals surface area contributed by atoms with Crippen LogP contribution in [-0.4, -0.2) is 18.6 Å². The molecular weight excluding hydrogens is 202 g/mol. The van der Waals surface area contributed by atoms with Crippen molar-refractivity contribution >= 4 is 5.97 Å². The fourth-order valence-electron chi connectivity index (χ4n) is 1.77. The Hall–Kier alpha value is -0.570. The molecule has 0 saturated heterocycles. The third kappa shape index (κ3) is 7.69. The van der Waals surface area contributed by atoms with Crippen LogP contribution in [0.25, 0.3) is 0 Å². The first kappa shape index (κ1) is 15.4. The van der Waals surface area contributed by atoms with Gasteiger partial charge in [-0.3, -0.25) is 4.79 Å². The number of ether oxygens (including phenoxy) is 1. The van der Waals surface area contributed by atoms with Crippen molar-refractivity contribution in [3.05, 3.63) is 0 Å². The van der Waals surface area contributed by atoms with Gasteiger partial charge in [-0.2, -0.15) is 0 Å². The number of esters is 1. The Morgan fingerprint density at radius 3 is 2.44 bits per heavy atom. The van der Waals surface area contributed by atoms with E-state index in [0.29, 0.717) is 18.9 Å². The predicted molar refractivity (Wildman–Crippen MR) is 67.1 cm³/mol. The number of carbonyl (C=O) groups excluding carboxylic acids is 1. The molecule has 3 heteroatoms. The van der Waals surface area contributed by atoms with Crippen LogP contribution >= 0.6 is 0 Å². The zero-order valence-corrected chi connectivity index (χ0v) is 11.0. The Balaban J connectivity index is 3.77. The lowest BCUT2D eigenvalue weighted by molar-refractivity contribution is -0.148. The van der Waals surface area contributed by atoms with Crippen LogP contribution in [0, 0.1) is 5.92 Å². The van der Waals surface area contributed by atoms with E-state index in [1.165, 1.54) is 0 Å². The summed E-state index contributed by atoms with van der Waals surface area (Å²) in [5, 5.41) is 0. The highest BCUT2D eigenvalue weighted by Gasteiger charge is 2.12. The minimum atomic E-state index is -0.0625. The van der Waals surface area contributed by atoms with Gasteiger partial charge in [0.05, 0.1) is 6.10 Å². The van der Waals surface area contributed by atoms with Gasteiger partial charge < -0.3 is 10.5 Å². The summed E-state index contributed by atoms with van der Waals surface area (Å²) in [7, 11) is 0. The summed E-state index contributed by atoms with van der Waals surface area (Å²) >= 11 is 0. The molecule has 0 fully saturated rings. The minimum absolute atomic E-state index is 0.0478. The largest absolute Gasteiger partial charge is 0.463 e. The molecule has 0 aromatic heterocycles. The highest BCUT2D eigenvalue weighted by atomic mass is 16.5. The molecule has 0 aromatic carbocycles. The molecule has 3 nitrogen and oxygen atoms in total. The van der Waals surface area contributed by atoms with E-state index >= 15 is 0 Å². The lowest BCUT2D eigenvalue weighted by Crippen LogP contribution is -2.16. The van der Waals surface area contributed by atoms with Crippen molar-refractivity contribution in [2.75, 3.05) is 6.54 Å². The molecular formula is C13H27NO2. The lowest BCUT2D eigenvalue weighted by atomic mass is 9.94. The SMILES string of the molecule is CCCC(CCN)CCC(=O)OC(C)CC. The molecule has 0 aliphatic carbocycles. The summed E-state index contributed by atoms with van der Waals surface area (Å²) in [5.41, 5.74) is 5.55. The Morgan fingerprint density at radius 1 is 1.25 bits per heavy atom. The van der Waals surface area contributed by atoms with E-state index in [1.54, 1.807) is 0 Å². The smallest absolute Gasteiger partial charge is 0.306 e. The molecule has 0 saturated carbocycles. The maximum Gasteiger partial charge on any atom is 0.306 e. The predicted octanol–water partition coefficient (Wildman–Crippen LogP) is 2.87. The Labute approximate surface area is 99.7 Å². The van der Waals surface area contributed by atoms with E-state index in [1.807, 2.05) is 13.8 Å². The van der Waals surface area contributed by atoms with Gasteiger partial charge in [-0.05, 0) is 38.6 Å². The second-order valence-corrected chi connectivity index (χ2v) is 4.48. The summed E-state index contributed by atoms with van der Waals surface area (Å²) in [6.07, 6.45) is 5.72. The molecule has 2 N–H and O–H groups in total. The first-order chi connectivity index (χ1) is 7.63. The molecule has 0 spiro atoms. The Morgan fingerprint density at radius 2 is 1.94 bits per heavy atom. The normalized spacial score (nSPS) is 14.5. The molecule has 0 heterocycles. The van der Waals surface area contributed by atoms with Crippen LogP contribution in [0.2, 0.25) is 0 Å². The first-order valence-electron chi connectivity index (χ1n) is 6.53. The number of rotatable bonds is 9. The van der Waals surface area contributed by atoms with E-state index in [4.69, 9.17) is 10.5 Å². The molecule has 0 rings (SSSR count). The number of hydrogen-bond donors (Lipinski definition) is 1. The topological polar surface area (TPSA) is 52.3 Å². The highest BCUT2D eigenvalue weighted by Crippen LogP contribution is 2.17. The number of carbonyl (C=O) groups is 1. The van der Waals surface area contributed by atoms with E-state index in [9.17, 15) is 4.79 Å². The van der Waals surface area contributed by atoms with Crippen LogP contribution in [0.3, 0.4) is 0 Å². The molecule has 0 radical (unpaired) electrons. The fraction of sp³-hybridized carbons (Fsp3) is 0.923. The van der Waals surface area contributed by atoms with Crippen LogP contribution in [0.5, 0.6) is 0 Å². The number of nitrogens with two attached hydrogens (primary N) is 1. The third-order valence-corrected chi connectivity index (χ3v) is 2.94. The quantitative estimate of drug-likeness (QED) is 0.618. The second-order valence-electron chi connectivity index (χ2n) is 4.48. The molecule has 0 aliphatic rings. The maximum absolute atomic E-state index is 11.5. The summed E-state index contributed by atoms with van der Waals surface area (Å²) in [6, 6.07) is 0. The van der Waals surface area contributed by atoms with E-state index in [2.05, 4.69) is 6.92 Å². The summed E-state index contributed by atoms with van der Waals surface area (Å²) in [4.78, 5) is 11.5. The Bertz CT molecular complexity index is 177. The summed E-state index contributed by atoms with van der Waals surface area (Å²) in [5.74, 6) is 0.520. The van der Waals surface area contributed by atoms with Gasteiger partial charge in [0.15, 0.2) is 0 Å². The molecule has 96 valence electrons. The summed E-state index contributed by atoms with van der Waals surface area (Å²) < 4.78 is 5.24. The minimum Gasteiger partial charge on any atom is -0.463 e. The number of hydrogen-bond acceptors (Lipinski definition) is 3. The van der Waals surface area contributed by atoms with Crippen LogP contribution in [0.4, 0.5) is 0 Å². The monoisotopic (exact) mass is 229 g/mol. The van der Waals surface area contributed by atoms with Gasteiger partial charge in [-0.15, -0.1) is 0 Å². The van der Waals surface area contributed by atoms with Crippen LogP contribution in [-0.2, 0) is 9.53 Å². The fourth-order valence-corrected chi connectivity index (χ4v) is 1.77. The zero-order chi connectivity index (χ0) is 12.4. The molecule has 0 amide bonds. The third-order valence-electron chi connectivity index (χ3n) is 2.94. The second kappa shape index (κ2) is 9.64. The lowest BCUT2D eigenvalue weighted by Gasteiger charge is -2.15. The van der Waals surface area contributed by atoms with Crippen molar-refractivity contribution in [1.82, 2.24) is 0 Å². The highest BCUT2D eigenvalue weighted by molar-refractivity contribution is 5.69. The summed E-state index contributed by atoms with van der Waals surface area (Å²) in [6.45, 7) is 6.83. The van der Waals surface area contributed by atoms with Crippen LogP contribution in [0.1, 0.15) is 59.3 Å². The van der Waals surface area contributed by atoms with Crippen molar-refractivity contribution in [1.29, 1.82) is 0 Å². The molecule has 2 unspecified atom stereocenters. The maximum atomic E-state index is 11.5. The molecule has 16 heavy (non-hydrogen) atoms. The van der Waals surface area contributed by atoms with Crippen molar-refractivity contribution < 1.29 is 9.53 Å². The molecule has 0 aliphatic heterocycles. The van der Waals surface area contributed by atoms with Gasteiger partial charge in [0, 0.05) is 6.42 Å².